The van der Waals surface area contributed by atoms with Gasteiger partial charge in [0.2, 0.25) is 0 Å². The molecule has 0 aliphatic heterocycles. The number of rotatable bonds is 4. The summed E-state index contributed by atoms with van der Waals surface area (Å²) >= 11 is 0. The maximum Gasteiger partial charge on any atom is 0.408 e. The Labute approximate surface area is 119 Å². The molecule has 0 fully saturated rings. The van der Waals surface area contributed by atoms with Crippen LogP contribution in [0.25, 0.3) is 0 Å². The summed E-state index contributed by atoms with van der Waals surface area (Å²) in [6, 6.07) is 8.75. The maximum absolute atomic E-state index is 11.8. The van der Waals surface area contributed by atoms with Crippen LogP contribution in [-0.4, -0.2) is 25.4 Å². The maximum atomic E-state index is 11.8. The first kappa shape index (κ1) is 16.0. The molecular weight excluding hydrogens is 256 g/mol. The van der Waals surface area contributed by atoms with Gasteiger partial charge in [-0.1, -0.05) is 12.1 Å². The highest BCUT2D eigenvalue weighted by Gasteiger charge is 2.20. The number of nitriles is 1. The van der Waals surface area contributed by atoms with E-state index in [1.807, 2.05) is 6.07 Å². The van der Waals surface area contributed by atoms with E-state index in [0.717, 1.165) is 5.56 Å². The van der Waals surface area contributed by atoms with E-state index >= 15 is 0 Å². The highest BCUT2D eigenvalue weighted by molar-refractivity contribution is 5.68. The molecule has 1 aromatic carbocycles. The molecule has 0 saturated heterocycles. The molecule has 1 rings (SSSR count). The Morgan fingerprint density at radius 2 is 2.15 bits per heavy atom. The van der Waals surface area contributed by atoms with Crippen LogP contribution in [0.3, 0.4) is 0 Å². The van der Waals surface area contributed by atoms with Gasteiger partial charge in [-0.25, -0.2) is 4.79 Å². The van der Waals surface area contributed by atoms with E-state index < -0.39 is 11.7 Å². The predicted octanol–water partition coefficient (Wildman–Crippen LogP) is 2.77. The number of carbonyl (C=O) groups excluding carboxylic acids is 1. The molecule has 1 aromatic rings. The molecule has 0 spiro atoms. The van der Waals surface area contributed by atoms with Crippen LogP contribution >= 0.6 is 0 Å². The fourth-order valence-corrected chi connectivity index (χ4v) is 1.66. The highest BCUT2D eigenvalue weighted by Crippen LogP contribution is 2.16. The first-order chi connectivity index (χ1) is 9.35. The largest absolute Gasteiger partial charge is 0.444 e. The number of amides is 1. The van der Waals surface area contributed by atoms with Crippen molar-refractivity contribution in [2.75, 3.05) is 13.7 Å². The summed E-state index contributed by atoms with van der Waals surface area (Å²) < 4.78 is 10.3. The lowest BCUT2D eigenvalue weighted by Crippen LogP contribution is -2.36. The highest BCUT2D eigenvalue weighted by atomic mass is 16.6. The number of hydrogen-bond acceptors (Lipinski definition) is 4. The average Bonchev–Trinajstić information content (AvgIpc) is 2.36. The van der Waals surface area contributed by atoms with Crippen LogP contribution in [0.1, 0.15) is 37.9 Å². The van der Waals surface area contributed by atoms with Crippen LogP contribution in [0.2, 0.25) is 0 Å². The zero-order chi connectivity index (χ0) is 15.2. The van der Waals surface area contributed by atoms with Gasteiger partial charge in [0.1, 0.15) is 5.60 Å². The summed E-state index contributed by atoms with van der Waals surface area (Å²) in [6.45, 7) is 5.70. The number of carbonyl (C=O) groups is 1. The Hall–Kier alpha value is -2.06. The monoisotopic (exact) mass is 276 g/mol. The van der Waals surface area contributed by atoms with Gasteiger partial charge in [-0.15, -0.1) is 0 Å². The summed E-state index contributed by atoms with van der Waals surface area (Å²) in [6.07, 6.45) is -0.512. The second-order valence-corrected chi connectivity index (χ2v) is 5.39. The normalized spacial score (nSPS) is 12.3. The second kappa shape index (κ2) is 6.92. The number of nitrogens with one attached hydrogen (secondary N) is 1. The molecule has 0 heterocycles. The van der Waals surface area contributed by atoms with E-state index in [0.29, 0.717) is 12.2 Å². The summed E-state index contributed by atoms with van der Waals surface area (Å²) in [5.41, 5.74) is 0.780. The predicted molar refractivity (Wildman–Crippen MR) is 75.1 cm³/mol. The van der Waals surface area contributed by atoms with Crippen LogP contribution in [0.15, 0.2) is 24.3 Å². The Kier molecular flexibility index (Phi) is 5.53. The summed E-state index contributed by atoms with van der Waals surface area (Å²) in [7, 11) is 1.55. The molecule has 0 aliphatic rings. The number of nitrogens with zero attached hydrogens (tertiary/aromatic N) is 1. The number of ether oxygens (including phenoxy) is 2. The van der Waals surface area contributed by atoms with E-state index in [1.54, 1.807) is 46.1 Å². The molecule has 20 heavy (non-hydrogen) atoms. The van der Waals surface area contributed by atoms with Gasteiger partial charge in [0.15, 0.2) is 0 Å². The van der Waals surface area contributed by atoms with Gasteiger partial charge in [-0.05, 0) is 38.5 Å². The molecule has 1 atom stereocenters. The van der Waals surface area contributed by atoms with Crippen molar-refractivity contribution in [2.24, 2.45) is 0 Å². The van der Waals surface area contributed by atoms with Crippen molar-refractivity contribution in [3.63, 3.8) is 0 Å². The minimum absolute atomic E-state index is 0.300. The summed E-state index contributed by atoms with van der Waals surface area (Å²) in [5.74, 6) is 0. The molecule has 1 amide bonds. The third kappa shape index (κ3) is 5.29. The Morgan fingerprint density at radius 1 is 1.45 bits per heavy atom. The third-order valence-corrected chi connectivity index (χ3v) is 2.44. The lowest BCUT2D eigenvalue weighted by Gasteiger charge is -2.23. The molecule has 0 aromatic heterocycles. The van der Waals surface area contributed by atoms with Gasteiger partial charge in [-0.2, -0.15) is 5.26 Å². The Morgan fingerprint density at radius 3 is 2.70 bits per heavy atom. The quantitative estimate of drug-likeness (QED) is 0.917. The summed E-state index contributed by atoms with van der Waals surface area (Å²) in [5, 5.41) is 11.7. The number of alkyl carbamates (subject to hydrolysis) is 1. The van der Waals surface area contributed by atoms with Crippen molar-refractivity contribution in [1.29, 1.82) is 5.26 Å². The molecule has 0 aliphatic carbocycles. The van der Waals surface area contributed by atoms with Crippen LogP contribution in [0.5, 0.6) is 0 Å². The Balaban J connectivity index is 2.83. The molecular formula is C15H20N2O3. The van der Waals surface area contributed by atoms with Gasteiger partial charge in [0.25, 0.3) is 0 Å². The molecule has 0 saturated carbocycles. The van der Waals surface area contributed by atoms with Crippen molar-refractivity contribution in [3.05, 3.63) is 35.4 Å². The van der Waals surface area contributed by atoms with Gasteiger partial charge in [-0.3, -0.25) is 0 Å². The van der Waals surface area contributed by atoms with E-state index in [1.165, 1.54) is 0 Å². The van der Waals surface area contributed by atoms with E-state index in [2.05, 4.69) is 11.4 Å². The van der Waals surface area contributed by atoms with Crippen LogP contribution in [0, 0.1) is 11.3 Å². The molecule has 0 radical (unpaired) electrons. The zero-order valence-corrected chi connectivity index (χ0v) is 12.3. The molecule has 108 valence electrons. The van der Waals surface area contributed by atoms with Gasteiger partial charge < -0.3 is 14.8 Å². The van der Waals surface area contributed by atoms with Crippen molar-refractivity contribution < 1.29 is 14.3 Å². The average molecular weight is 276 g/mol. The van der Waals surface area contributed by atoms with Gasteiger partial charge in [0, 0.05) is 7.11 Å². The smallest absolute Gasteiger partial charge is 0.408 e. The minimum atomic E-state index is -0.559. The molecule has 5 heteroatoms. The second-order valence-electron chi connectivity index (χ2n) is 5.39. The lowest BCUT2D eigenvalue weighted by molar-refractivity contribution is 0.0468. The number of hydrogen-bond donors (Lipinski definition) is 1. The van der Waals surface area contributed by atoms with E-state index in [-0.39, 0.29) is 6.04 Å². The van der Waals surface area contributed by atoms with Crippen molar-refractivity contribution in [2.45, 2.75) is 32.4 Å². The summed E-state index contributed by atoms with van der Waals surface area (Å²) in [4.78, 5) is 11.8. The fraction of sp³-hybridized carbons (Fsp3) is 0.467. The molecule has 1 N–H and O–H groups in total. The number of benzene rings is 1. The van der Waals surface area contributed by atoms with Crippen LogP contribution < -0.4 is 5.32 Å². The minimum Gasteiger partial charge on any atom is -0.444 e. The van der Waals surface area contributed by atoms with E-state index in [4.69, 9.17) is 14.7 Å². The lowest BCUT2D eigenvalue weighted by atomic mass is 10.1. The van der Waals surface area contributed by atoms with E-state index in [9.17, 15) is 4.79 Å². The molecule has 5 nitrogen and oxygen atoms in total. The molecule has 1 unspecified atom stereocenters. The first-order valence-electron chi connectivity index (χ1n) is 6.34. The topological polar surface area (TPSA) is 71.3 Å². The first-order valence-corrected chi connectivity index (χ1v) is 6.34. The standard InChI is InChI=1S/C15H20N2O3/c1-15(2,3)20-14(18)17-13(10-19-4)12-7-5-6-11(8-12)9-16/h5-8,13H,10H2,1-4H3,(H,17,18). The fourth-order valence-electron chi connectivity index (χ4n) is 1.66. The third-order valence-electron chi connectivity index (χ3n) is 2.44. The zero-order valence-electron chi connectivity index (χ0n) is 12.3. The Bertz CT molecular complexity index is 501. The van der Waals surface area contributed by atoms with Crippen LogP contribution in [0.4, 0.5) is 4.79 Å². The van der Waals surface area contributed by atoms with Crippen molar-refractivity contribution in [3.8, 4) is 6.07 Å². The SMILES string of the molecule is COCC(NC(=O)OC(C)(C)C)c1cccc(C#N)c1. The van der Waals surface area contributed by atoms with Crippen LogP contribution in [-0.2, 0) is 9.47 Å². The van der Waals surface area contributed by atoms with Gasteiger partial charge >= 0.3 is 6.09 Å². The van der Waals surface area contributed by atoms with Crippen molar-refractivity contribution in [1.82, 2.24) is 5.32 Å². The number of methoxy groups -OCH3 is 1. The molecule has 0 bridgehead atoms. The van der Waals surface area contributed by atoms with Crippen molar-refractivity contribution >= 4 is 6.09 Å². The van der Waals surface area contributed by atoms with Gasteiger partial charge in [0.05, 0.1) is 24.3 Å².